The van der Waals surface area contributed by atoms with E-state index in [1.165, 1.54) is 60.0 Å². The van der Waals surface area contributed by atoms with Gasteiger partial charge in [0.1, 0.15) is 0 Å². The Morgan fingerprint density at radius 3 is 1.10 bits per heavy atom. The molecule has 0 heterocycles. The summed E-state index contributed by atoms with van der Waals surface area (Å²) in [5.41, 5.74) is 8.59. The maximum absolute atomic E-state index is 3.97. The Kier molecular flexibility index (Phi) is 16.9. The van der Waals surface area contributed by atoms with E-state index in [4.69, 9.17) is 0 Å². The summed E-state index contributed by atoms with van der Waals surface area (Å²) in [6.45, 7) is 21.1. The Bertz CT molecular complexity index is 654. The first-order valence-electron chi connectivity index (χ1n) is 11.8. The van der Waals surface area contributed by atoms with Crippen LogP contribution in [0.3, 0.4) is 0 Å². The quantitative estimate of drug-likeness (QED) is 0.176. The molecule has 0 amide bonds. The van der Waals surface area contributed by atoms with Gasteiger partial charge in [0.25, 0.3) is 0 Å². The Hall–Kier alpha value is -1.82. The maximum Gasteiger partial charge on any atom is -0.0250 e. The summed E-state index contributed by atoms with van der Waals surface area (Å²) in [7, 11) is 0. The normalized spacial score (nSPS) is 13.4. The lowest BCUT2D eigenvalue weighted by atomic mass is 10.0. The predicted molar refractivity (Wildman–Crippen MR) is 140 cm³/mol. The van der Waals surface area contributed by atoms with Crippen molar-refractivity contribution in [3.63, 3.8) is 0 Å². The second-order valence-electron chi connectivity index (χ2n) is 9.04. The zero-order valence-electron chi connectivity index (χ0n) is 20.9. The highest BCUT2D eigenvalue weighted by molar-refractivity contribution is 5.13. The zero-order valence-corrected chi connectivity index (χ0v) is 20.9. The topological polar surface area (TPSA) is 0 Å². The van der Waals surface area contributed by atoms with Gasteiger partial charge in [-0.3, -0.25) is 0 Å². The highest BCUT2D eigenvalue weighted by Crippen LogP contribution is 2.15. The van der Waals surface area contributed by atoms with Crippen molar-refractivity contribution in [2.75, 3.05) is 0 Å². The molecule has 0 aliphatic rings. The van der Waals surface area contributed by atoms with Crippen LogP contribution < -0.4 is 0 Å². The minimum absolute atomic E-state index is 1.02. The summed E-state index contributed by atoms with van der Waals surface area (Å²) in [5.74, 6) is 0. The molecule has 0 heteroatoms. The first-order valence-corrected chi connectivity index (χ1v) is 11.8. The van der Waals surface area contributed by atoms with Crippen molar-refractivity contribution in [2.24, 2.45) is 0 Å². The van der Waals surface area contributed by atoms with E-state index in [1.54, 1.807) is 0 Å². The number of hydrogen-bond donors (Lipinski definition) is 0. The van der Waals surface area contributed by atoms with Crippen molar-refractivity contribution in [3.05, 3.63) is 83.1 Å². The van der Waals surface area contributed by atoms with E-state index in [2.05, 4.69) is 85.1 Å². The van der Waals surface area contributed by atoms with Crippen molar-refractivity contribution in [3.8, 4) is 0 Å². The third-order valence-corrected chi connectivity index (χ3v) is 5.43. The summed E-state index contributed by atoms with van der Waals surface area (Å²) in [6.07, 6.45) is 25.3. The molecule has 0 aliphatic carbocycles. The van der Waals surface area contributed by atoms with Crippen molar-refractivity contribution >= 4 is 0 Å². The highest BCUT2D eigenvalue weighted by Gasteiger charge is 1.95. The summed E-state index contributed by atoms with van der Waals surface area (Å²) in [6, 6.07) is 0. The fourth-order valence-electron chi connectivity index (χ4n) is 3.24. The van der Waals surface area contributed by atoms with Gasteiger partial charge in [0, 0.05) is 0 Å². The van der Waals surface area contributed by atoms with Gasteiger partial charge in [-0.15, -0.1) is 0 Å². The van der Waals surface area contributed by atoms with E-state index < -0.39 is 0 Å². The van der Waals surface area contributed by atoms with E-state index in [0.717, 1.165) is 37.7 Å². The lowest BCUT2D eigenvalue weighted by molar-refractivity contribution is 0.888. The molecule has 0 unspecified atom stereocenters. The fourth-order valence-corrected chi connectivity index (χ4v) is 3.24. The van der Waals surface area contributed by atoms with Gasteiger partial charge in [-0.2, -0.15) is 0 Å². The van der Waals surface area contributed by atoms with Crippen LogP contribution in [-0.4, -0.2) is 0 Å². The molecule has 0 radical (unpaired) electrons. The SMILES string of the molecule is C=CC(=C)CC/C=C(\C)CC/C=C(\C)CC/C=C(\C)CC/C=C(\C)CCC=C(C)C. The number of hydrogen-bond acceptors (Lipinski definition) is 0. The van der Waals surface area contributed by atoms with Crippen LogP contribution in [0.15, 0.2) is 83.1 Å². The lowest BCUT2D eigenvalue weighted by Gasteiger charge is -2.03. The third kappa shape index (κ3) is 18.2. The molecule has 0 aromatic heterocycles. The molecule has 0 rings (SSSR count). The van der Waals surface area contributed by atoms with E-state index in [-0.39, 0.29) is 0 Å². The van der Waals surface area contributed by atoms with Gasteiger partial charge in [-0.05, 0) is 106 Å². The molecule has 0 nitrogen and oxygen atoms in total. The Labute approximate surface area is 188 Å². The largest absolute Gasteiger partial charge is 0.0988 e. The highest BCUT2D eigenvalue weighted by atomic mass is 14.0. The lowest BCUT2D eigenvalue weighted by Crippen LogP contribution is -1.83. The molecular weight excluding hydrogens is 360 g/mol. The fraction of sp³-hybridized carbons (Fsp3) is 0.533. The molecule has 30 heavy (non-hydrogen) atoms. The summed E-state index contributed by atoms with van der Waals surface area (Å²) in [4.78, 5) is 0. The Balaban J connectivity index is 4.08. The maximum atomic E-state index is 3.97. The van der Waals surface area contributed by atoms with Gasteiger partial charge in [-0.1, -0.05) is 83.1 Å². The molecular formula is C30H48. The minimum atomic E-state index is 1.02. The van der Waals surface area contributed by atoms with Crippen LogP contribution in [0.5, 0.6) is 0 Å². The minimum Gasteiger partial charge on any atom is -0.0988 e. The first kappa shape index (κ1) is 28.2. The standard InChI is InChI=1S/C30H48/c1-9-26(4)16-11-18-28(6)20-13-22-30(8)24-14-23-29(7)21-12-19-27(5)17-10-15-25(2)3/h9,15,18-19,22-23H,1,4,10-14,16-17,20-21,24H2,2-3,5-8H3/b27-19+,28-18+,29-23+,30-22+. The molecule has 0 fully saturated rings. The van der Waals surface area contributed by atoms with E-state index >= 15 is 0 Å². The van der Waals surface area contributed by atoms with Crippen LogP contribution in [0, 0.1) is 0 Å². The molecule has 0 atom stereocenters. The zero-order chi connectivity index (χ0) is 22.8. The van der Waals surface area contributed by atoms with Crippen LogP contribution >= 0.6 is 0 Å². The third-order valence-electron chi connectivity index (χ3n) is 5.43. The van der Waals surface area contributed by atoms with E-state index in [9.17, 15) is 0 Å². The van der Waals surface area contributed by atoms with Gasteiger partial charge in [0.05, 0.1) is 0 Å². The Morgan fingerprint density at radius 2 is 0.800 bits per heavy atom. The molecule has 0 saturated heterocycles. The molecule has 0 saturated carbocycles. The molecule has 168 valence electrons. The van der Waals surface area contributed by atoms with Crippen molar-refractivity contribution in [1.82, 2.24) is 0 Å². The molecule has 0 aromatic rings. The molecule has 0 aromatic carbocycles. The molecule has 0 aliphatic heterocycles. The van der Waals surface area contributed by atoms with Crippen molar-refractivity contribution < 1.29 is 0 Å². The van der Waals surface area contributed by atoms with E-state index in [0.29, 0.717) is 0 Å². The van der Waals surface area contributed by atoms with Gasteiger partial charge in [0.15, 0.2) is 0 Å². The number of rotatable bonds is 16. The van der Waals surface area contributed by atoms with Crippen LogP contribution in [0.1, 0.15) is 106 Å². The van der Waals surface area contributed by atoms with Gasteiger partial charge in [-0.25, -0.2) is 0 Å². The molecule has 0 spiro atoms. The van der Waals surface area contributed by atoms with Crippen LogP contribution in [0.4, 0.5) is 0 Å². The number of allylic oxidation sites excluding steroid dienone is 12. The summed E-state index contributed by atoms with van der Waals surface area (Å²) in [5, 5.41) is 0. The van der Waals surface area contributed by atoms with Gasteiger partial charge >= 0.3 is 0 Å². The first-order chi connectivity index (χ1) is 14.2. The smallest absolute Gasteiger partial charge is 0.0250 e. The van der Waals surface area contributed by atoms with Crippen molar-refractivity contribution in [1.29, 1.82) is 0 Å². The second kappa shape index (κ2) is 18.0. The monoisotopic (exact) mass is 408 g/mol. The van der Waals surface area contributed by atoms with E-state index in [1.807, 2.05) is 6.08 Å². The van der Waals surface area contributed by atoms with Crippen LogP contribution in [0.25, 0.3) is 0 Å². The second-order valence-corrected chi connectivity index (χ2v) is 9.04. The average molecular weight is 409 g/mol. The molecule has 0 N–H and O–H groups in total. The predicted octanol–water partition coefficient (Wildman–Crippen LogP) is 10.4. The summed E-state index contributed by atoms with van der Waals surface area (Å²) >= 11 is 0. The van der Waals surface area contributed by atoms with Gasteiger partial charge in [0.2, 0.25) is 0 Å². The average Bonchev–Trinajstić information content (AvgIpc) is 2.67. The van der Waals surface area contributed by atoms with Crippen LogP contribution in [-0.2, 0) is 0 Å². The van der Waals surface area contributed by atoms with Crippen LogP contribution in [0.2, 0.25) is 0 Å². The Morgan fingerprint density at radius 1 is 0.500 bits per heavy atom. The van der Waals surface area contributed by atoms with Gasteiger partial charge < -0.3 is 0 Å². The van der Waals surface area contributed by atoms with Crippen molar-refractivity contribution in [2.45, 2.75) is 106 Å². The summed E-state index contributed by atoms with van der Waals surface area (Å²) < 4.78 is 0. The molecule has 0 bridgehead atoms.